The summed E-state index contributed by atoms with van der Waals surface area (Å²) in [6.07, 6.45) is 0. The summed E-state index contributed by atoms with van der Waals surface area (Å²) in [5.41, 5.74) is 1.59. The van der Waals surface area contributed by atoms with E-state index in [0.717, 1.165) is 16.3 Å². The van der Waals surface area contributed by atoms with Crippen molar-refractivity contribution in [1.82, 2.24) is 9.78 Å². The highest BCUT2D eigenvalue weighted by Crippen LogP contribution is 2.23. The summed E-state index contributed by atoms with van der Waals surface area (Å²) in [7, 11) is 1.83. The van der Waals surface area contributed by atoms with E-state index in [1.54, 1.807) is 4.68 Å². The zero-order valence-corrected chi connectivity index (χ0v) is 12.0. The Kier molecular flexibility index (Phi) is 4.27. The Bertz CT molecular complexity index is 579. The average molecular weight is 276 g/mol. The van der Waals surface area contributed by atoms with Gasteiger partial charge in [0.1, 0.15) is 5.69 Å². The Balaban J connectivity index is 1.95. The summed E-state index contributed by atoms with van der Waals surface area (Å²) >= 11 is 1.46. The number of nitrogens with zero attached hydrogens (tertiary/aromatic N) is 2. The number of hydrogen-bond donors (Lipinski definition) is 0. The Morgan fingerprint density at radius 1 is 1.32 bits per heavy atom. The van der Waals surface area contributed by atoms with E-state index in [4.69, 9.17) is 4.74 Å². The number of hydrogen-bond acceptors (Lipinski definition) is 4. The number of ether oxygens (including phenoxy) is 1. The molecule has 0 aliphatic heterocycles. The SMILES string of the molecule is Cc1nn(C)c(C)c1OC(=O)CSc1ccccc1. The number of carbonyl (C=O) groups excluding carboxylic acids is 1. The van der Waals surface area contributed by atoms with Gasteiger partial charge in [0.2, 0.25) is 0 Å². The van der Waals surface area contributed by atoms with Gasteiger partial charge in [-0.05, 0) is 26.0 Å². The topological polar surface area (TPSA) is 44.1 Å². The van der Waals surface area contributed by atoms with E-state index in [2.05, 4.69) is 5.10 Å². The van der Waals surface area contributed by atoms with Gasteiger partial charge in [0, 0.05) is 11.9 Å². The van der Waals surface area contributed by atoms with Crippen LogP contribution in [0.25, 0.3) is 0 Å². The van der Waals surface area contributed by atoms with Crippen molar-refractivity contribution in [3.8, 4) is 5.75 Å². The summed E-state index contributed by atoms with van der Waals surface area (Å²) in [5, 5.41) is 4.21. The monoisotopic (exact) mass is 276 g/mol. The van der Waals surface area contributed by atoms with Gasteiger partial charge >= 0.3 is 5.97 Å². The molecule has 1 aromatic heterocycles. The largest absolute Gasteiger partial charge is 0.422 e. The first-order valence-electron chi connectivity index (χ1n) is 5.96. The van der Waals surface area contributed by atoms with E-state index in [0.29, 0.717) is 5.75 Å². The van der Waals surface area contributed by atoms with Crippen molar-refractivity contribution in [2.45, 2.75) is 18.7 Å². The molecule has 19 heavy (non-hydrogen) atoms. The van der Waals surface area contributed by atoms with Gasteiger partial charge in [0.05, 0.1) is 11.4 Å². The van der Waals surface area contributed by atoms with Gasteiger partial charge in [-0.3, -0.25) is 9.48 Å². The van der Waals surface area contributed by atoms with Crippen molar-refractivity contribution in [3.05, 3.63) is 41.7 Å². The Morgan fingerprint density at radius 3 is 2.58 bits per heavy atom. The molecule has 0 amide bonds. The first-order valence-corrected chi connectivity index (χ1v) is 6.95. The van der Waals surface area contributed by atoms with E-state index in [1.807, 2.05) is 51.2 Å². The van der Waals surface area contributed by atoms with Crippen LogP contribution in [-0.4, -0.2) is 21.5 Å². The fourth-order valence-corrected chi connectivity index (χ4v) is 2.40. The molecule has 0 aliphatic rings. The molecule has 0 spiro atoms. The second kappa shape index (κ2) is 5.93. The molecule has 0 bridgehead atoms. The molecule has 0 fully saturated rings. The minimum Gasteiger partial charge on any atom is -0.422 e. The van der Waals surface area contributed by atoms with E-state index < -0.39 is 0 Å². The van der Waals surface area contributed by atoms with Gasteiger partial charge in [-0.25, -0.2) is 0 Å². The minimum absolute atomic E-state index is 0.256. The highest BCUT2D eigenvalue weighted by molar-refractivity contribution is 8.00. The lowest BCUT2D eigenvalue weighted by molar-refractivity contribution is -0.131. The molecular weight excluding hydrogens is 260 g/mol. The van der Waals surface area contributed by atoms with Gasteiger partial charge in [-0.2, -0.15) is 5.10 Å². The van der Waals surface area contributed by atoms with E-state index in [-0.39, 0.29) is 11.7 Å². The van der Waals surface area contributed by atoms with Gasteiger partial charge in [0.25, 0.3) is 0 Å². The molecule has 0 aliphatic carbocycles. The number of benzene rings is 1. The molecule has 4 nitrogen and oxygen atoms in total. The summed E-state index contributed by atoms with van der Waals surface area (Å²) in [4.78, 5) is 12.9. The quantitative estimate of drug-likeness (QED) is 0.636. The predicted octanol–water partition coefficient (Wildman–Crippen LogP) is 2.73. The summed E-state index contributed by atoms with van der Waals surface area (Å²) in [5.74, 6) is 0.604. The molecule has 0 saturated carbocycles. The maximum atomic E-state index is 11.8. The van der Waals surface area contributed by atoms with Crippen molar-refractivity contribution >= 4 is 17.7 Å². The van der Waals surface area contributed by atoms with Crippen molar-refractivity contribution in [1.29, 1.82) is 0 Å². The number of aryl methyl sites for hydroxylation is 2. The normalized spacial score (nSPS) is 10.5. The van der Waals surface area contributed by atoms with Gasteiger partial charge in [-0.1, -0.05) is 18.2 Å². The third-order valence-electron chi connectivity index (χ3n) is 2.76. The summed E-state index contributed by atoms with van der Waals surface area (Å²) in [6, 6.07) is 9.79. The van der Waals surface area contributed by atoms with Gasteiger partial charge in [-0.15, -0.1) is 11.8 Å². The smallest absolute Gasteiger partial charge is 0.321 e. The molecule has 0 atom stereocenters. The van der Waals surface area contributed by atoms with Crippen LogP contribution in [0.3, 0.4) is 0 Å². The molecular formula is C14H16N2O2S. The third-order valence-corrected chi connectivity index (χ3v) is 3.74. The first-order chi connectivity index (χ1) is 9.08. The zero-order valence-electron chi connectivity index (χ0n) is 11.2. The fraction of sp³-hybridized carbons (Fsp3) is 0.286. The lowest BCUT2D eigenvalue weighted by Crippen LogP contribution is -2.11. The van der Waals surface area contributed by atoms with Crippen LogP contribution in [0.1, 0.15) is 11.4 Å². The Labute approximate surface area is 116 Å². The molecule has 5 heteroatoms. The average Bonchev–Trinajstić information content (AvgIpc) is 2.64. The van der Waals surface area contributed by atoms with Crippen LogP contribution >= 0.6 is 11.8 Å². The van der Waals surface area contributed by atoms with Crippen LogP contribution < -0.4 is 4.74 Å². The number of carbonyl (C=O) groups is 1. The maximum absolute atomic E-state index is 11.8. The number of esters is 1. The summed E-state index contributed by atoms with van der Waals surface area (Å²) < 4.78 is 7.09. The molecule has 100 valence electrons. The van der Waals surface area contributed by atoms with E-state index in [1.165, 1.54) is 11.8 Å². The van der Waals surface area contributed by atoms with Crippen molar-refractivity contribution in [2.75, 3.05) is 5.75 Å². The van der Waals surface area contributed by atoms with Crippen LogP contribution in [0.15, 0.2) is 35.2 Å². The minimum atomic E-state index is -0.256. The molecule has 0 radical (unpaired) electrons. The van der Waals surface area contributed by atoms with Gasteiger partial charge < -0.3 is 4.74 Å². The van der Waals surface area contributed by atoms with Crippen LogP contribution in [0, 0.1) is 13.8 Å². The predicted molar refractivity (Wildman–Crippen MR) is 75.5 cm³/mol. The first kappa shape index (κ1) is 13.7. The van der Waals surface area contributed by atoms with Crippen LogP contribution in [0.2, 0.25) is 0 Å². The Morgan fingerprint density at radius 2 is 2.00 bits per heavy atom. The molecule has 0 N–H and O–H groups in total. The number of rotatable bonds is 4. The molecule has 2 aromatic rings. The van der Waals surface area contributed by atoms with Crippen molar-refractivity contribution in [3.63, 3.8) is 0 Å². The second-order valence-electron chi connectivity index (χ2n) is 4.20. The number of thioether (sulfide) groups is 1. The standard InChI is InChI=1S/C14H16N2O2S/c1-10-14(11(2)16(3)15-10)18-13(17)9-19-12-7-5-4-6-8-12/h4-8H,9H2,1-3H3. The van der Waals surface area contributed by atoms with Crippen LogP contribution in [0.4, 0.5) is 0 Å². The molecule has 1 aromatic carbocycles. The van der Waals surface area contributed by atoms with Crippen molar-refractivity contribution in [2.24, 2.45) is 7.05 Å². The highest BCUT2D eigenvalue weighted by Gasteiger charge is 2.14. The fourth-order valence-electron chi connectivity index (χ4n) is 1.70. The molecule has 1 heterocycles. The highest BCUT2D eigenvalue weighted by atomic mass is 32.2. The second-order valence-corrected chi connectivity index (χ2v) is 5.25. The summed E-state index contributed by atoms with van der Waals surface area (Å²) in [6.45, 7) is 3.72. The lowest BCUT2D eigenvalue weighted by Gasteiger charge is -2.04. The lowest BCUT2D eigenvalue weighted by atomic mass is 10.3. The molecule has 0 saturated heterocycles. The van der Waals surface area contributed by atoms with Crippen LogP contribution in [-0.2, 0) is 11.8 Å². The number of aromatic nitrogens is 2. The van der Waals surface area contributed by atoms with Crippen molar-refractivity contribution < 1.29 is 9.53 Å². The van der Waals surface area contributed by atoms with Crippen LogP contribution in [0.5, 0.6) is 5.75 Å². The van der Waals surface area contributed by atoms with Gasteiger partial charge in [0.15, 0.2) is 5.75 Å². The van der Waals surface area contributed by atoms with E-state index >= 15 is 0 Å². The maximum Gasteiger partial charge on any atom is 0.321 e. The Hall–Kier alpha value is -1.75. The molecule has 2 rings (SSSR count). The zero-order chi connectivity index (χ0) is 13.8. The molecule has 0 unspecified atom stereocenters. The van der Waals surface area contributed by atoms with E-state index in [9.17, 15) is 4.79 Å². The third kappa shape index (κ3) is 3.38.